The summed E-state index contributed by atoms with van der Waals surface area (Å²) >= 11 is 1.86. The normalized spacial score (nSPS) is 17.3. The van der Waals surface area contributed by atoms with E-state index in [1.54, 1.807) is 0 Å². The van der Waals surface area contributed by atoms with Crippen molar-refractivity contribution in [1.82, 2.24) is 5.32 Å². The third-order valence-corrected chi connectivity index (χ3v) is 3.79. The third kappa shape index (κ3) is 4.16. The summed E-state index contributed by atoms with van der Waals surface area (Å²) < 4.78 is 0. The molecule has 88 valence electrons. The van der Waals surface area contributed by atoms with Crippen LogP contribution in [0.5, 0.6) is 0 Å². The minimum Gasteiger partial charge on any atom is -0.395 e. The van der Waals surface area contributed by atoms with Crippen LogP contribution in [0.3, 0.4) is 0 Å². The number of benzene rings is 1. The van der Waals surface area contributed by atoms with Crippen LogP contribution in [0.25, 0.3) is 0 Å². The highest BCUT2D eigenvalue weighted by atomic mass is 32.2. The van der Waals surface area contributed by atoms with E-state index in [0.717, 1.165) is 12.2 Å². The lowest BCUT2D eigenvalue weighted by atomic mass is 10.2. The smallest absolute Gasteiger partial charge is 0.0585 e. The SMILES string of the molecule is OCC(CCSc1ccccc1)NC1CC1. The van der Waals surface area contributed by atoms with E-state index in [-0.39, 0.29) is 12.6 Å². The molecule has 2 N–H and O–H groups in total. The molecule has 1 saturated carbocycles. The van der Waals surface area contributed by atoms with E-state index >= 15 is 0 Å². The lowest BCUT2D eigenvalue weighted by Crippen LogP contribution is -2.34. The monoisotopic (exact) mass is 237 g/mol. The van der Waals surface area contributed by atoms with Gasteiger partial charge in [0.05, 0.1) is 6.61 Å². The van der Waals surface area contributed by atoms with Gasteiger partial charge in [-0.15, -0.1) is 11.8 Å². The maximum absolute atomic E-state index is 9.23. The van der Waals surface area contributed by atoms with Crippen LogP contribution < -0.4 is 5.32 Å². The molecule has 1 unspecified atom stereocenters. The van der Waals surface area contributed by atoms with Gasteiger partial charge in [-0.2, -0.15) is 0 Å². The molecule has 3 heteroatoms. The Morgan fingerprint density at radius 2 is 2.06 bits per heavy atom. The van der Waals surface area contributed by atoms with E-state index < -0.39 is 0 Å². The summed E-state index contributed by atoms with van der Waals surface area (Å²) in [7, 11) is 0. The molecular formula is C13H19NOS. The molecule has 0 heterocycles. The second-order valence-corrected chi connectivity index (χ2v) is 5.44. The fraction of sp³-hybridized carbons (Fsp3) is 0.538. The summed E-state index contributed by atoms with van der Waals surface area (Å²) in [5.74, 6) is 1.06. The van der Waals surface area contributed by atoms with Crippen LogP contribution in [0.4, 0.5) is 0 Å². The Kier molecular flexibility index (Phi) is 4.69. The van der Waals surface area contributed by atoms with Crippen LogP contribution in [-0.2, 0) is 0 Å². The Labute approximate surface area is 101 Å². The van der Waals surface area contributed by atoms with Crippen LogP contribution in [0.15, 0.2) is 35.2 Å². The molecule has 0 radical (unpaired) electrons. The van der Waals surface area contributed by atoms with Gasteiger partial charge < -0.3 is 10.4 Å². The predicted molar refractivity (Wildman–Crippen MR) is 68.8 cm³/mol. The van der Waals surface area contributed by atoms with Crippen molar-refractivity contribution in [2.75, 3.05) is 12.4 Å². The summed E-state index contributed by atoms with van der Waals surface area (Å²) in [6.07, 6.45) is 3.59. The lowest BCUT2D eigenvalue weighted by Gasteiger charge is -2.15. The first-order valence-electron chi connectivity index (χ1n) is 5.93. The van der Waals surface area contributed by atoms with E-state index in [4.69, 9.17) is 0 Å². The van der Waals surface area contributed by atoms with Gasteiger partial charge in [-0.25, -0.2) is 0 Å². The molecule has 0 aromatic heterocycles. The molecule has 1 atom stereocenters. The zero-order chi connectivity index (χ0) is 11.2. The second-order valence-electron chi connectivity index (χ2n) is 4.27. The Bertz CT molecular complexity index is 300. The molecule has 1 aromatic rings. The van der Waals surface area contributed by atoms with E-state index in [1.807, 2.05) is 17.8 Å². The third-order valence-electron chi connectivity index (χ3n) is 2.75. The van der Waals surface area contributed by atoms with Gasteiger partial charge in [0.15, 0.2) is 0 Å². The molecule has 2 rings (SSSR count). The molecule has 0 saturated heterocycles. The Morgan fingerprint density at radius 1 is 1.31 bits per heavy atom. The number of thioether (sulfide) groups is 1. The van der Waals surface area contributed by atoms with Gasteiger partial charge in [0.25, 0.3) is 0 Å². The van der Waals surface area contributed by atoms with E-state index in [2.05, 4.69) is 29.6 Å². The summed E-state index contributed by atoms with van der Waals surface area (Å²) in [5.41, 5.74) is 0. The van der Waals surface area contributed by atoms with Crippen LogP contribution in [0.2, 0.25) is 0 Å². The van der Waals surface area contributed by atoms with Crippen LogP contribution in [0.1, 0.15) is 19.3 Å². The average molecular weight is 237 g/mol. The standard InChI is InChI=1S/C13H19NOS/c15-10-12(14-11-6-7-11)8-9-16-13-4-2-1-3-5-13/h1-5,11-12,14-15H,6-10H2. The first kappa shape index (κ1) is 12.0. The molecule has 0 amide bonds. The van der Waals surface area contributed by atoms with Crippen molar-refractivity contribution >= 4 is 11.8 Å². The van der Waals surface area contributed by atoms with Crippen molar-refractivity contribution in [3.8, 4) is 0 Å². The van der Waals surface area contributed by atoms with Crippen molar-refractivity contribution in [2.24, 2.45) is 0 Å². The number of hydrogen-bond acceptors (Lipinski definition) is 3. The highest BCUT2D eigenvalue weighted by Gasteiger charge is 2.23. The molecule has 1 fully saturated rings. The molecule has 1 aliphatic carbocycles. The number of hydrogen-bond donors (Lipinski definition) is 2. The minimum atomic E-state index is 0.256. The molecule has 2 nitrogen and oxygen atoms in total. The summed E-state index contributed by atoms with van der Waals surface area (Å²) in [6, 6.07) is 11.4. The molecule has 0 aliphatic heterocycles. The maximum atomic E-state index is 9.23. The van der Waals surface area contributed by atoms with E-state index in [0.29, 0.717) is 6.04 Å². The Hall–Kier alpha value is -0.510. The Balaban J connectivity index is 1.65. The minimum absolute atomic E-state index is 0.256. The van der Waals surface area contributed by atoms with Gasteiger partial charge in [0.2, 0.25) is 0 Å². The van der Waals surface area contributed by atoms with Crippen LogP contribution in [0, 0.1) is 0 Å². The van der Waals surface area contributed by atoms with E-state index in [1.165, 1.54) is 17.7 Å². The van der Waals surface area contributed by atoms with Gasteiger partial charge in [0, 0.05) is 17.0 Å². The van der Waals surface area contributed by atoms with Crippen molar-refractivity contribution < 1.29 is 5.11 Å². The number of aliphatic hydroxyl groups is 1. The van der Waals surface area contributed by atoms with Gasteiger partial charge >= 0.3 is 0 Å². The fourth-order valence-electron chi connectivity index (χ4n) is 1.65. The number of nitrogens with one attached hydrogen (secondary N) is 1. The highest BCUT2D eigenvalue weighted by Crippen LogP contribution is 2.22. The van der Waals surface area contributed by atoms with Crippen LogP contribution in [-0.4, -0.2) is 29.5 Å². The molecule has 0 spiro atoms. The van der Waals surface area contributed by atoms with Crippen molar-refractivity contribution in [3.05, 3.63) is 30.3 Å². The van der Waals surface area contributed by atoms with Crippen LogP contribution >= 0.6 is 11.8 Å². The lowest BCUT2D eigenvalue weighted by molar-refractivity contribution is 0.239. The predicted octanol–water partition coefficient (Wildman–Crippen LogP) is 2.28. The van der Waals surface area contributed by atoms with Crippen molar-refractivity contribution in [2.45, 2.75) is 36.2 Å². The quantitative estimate of drug-likeness (QED) is 0.714. The zero-order valence-electron chi connectivity index (χ0n) is 9.43. The molecule has 1 aliphatic rings. The summed E-state index contributed by atoms with van der Waals surface area (Å²) in [4.78, 5) is 1.31. The number of rotatable bonds is 7. The topological polar surface area (TPSA) is 32.3 Å². The highest BCUT2D eigenvalue weighted by molar-refractivity contribution is 7.99. The summed E-state index contributed by atoms with van der Waals surface area (Å²) in [6.45, 7) is 0.256. The average Bonchev–Trinajstić information content (AvgIpc) is 3.13. The number of aliphatic hydroxyl groups excluding tert-OH is 1. The van der Waals surface area contributed by atoms with Gasteiger partial charge in [-0.3, -0.25) is 0 Å². The molecule has 0 bridgehead atoms. The summed E-state index contributed by atoms with van der Waals surface area (Å²) in [5, 5.41) is 12.7. The maximum Gasteiger partial charge on any atom is 0.0585 e. The molecule has 1 aromatic carbocycles. The fourth-order valence-corrected chi connectivity index (χ4v) is 2.63. The molecule has 16 heavy (non-hydrogen) atoms. The first-order chi connectivity index (χ1) is 7.88. The largest absolute Gasteiger partial charge is 0.395 e. The van der Waals surface area contributed by atoms with Crippen molar-refractivity contribution in [3.63, 3.8) is 0 Å². The molecular weight excluding hydrogens is 218 g/mol. The van der Waals surface area contributed by atoms with Gasteiger partial charge in [-0.05, 0) is 37.1 Å². The first-order valence-corrected chi connectivity index (χ1v) is 6.92. The van der Waals surface area contributed by atoms with Gasteiger partial charge in [-0.1, -0.05) is 18.2 Å². The van der Waals surface area contributed by atoms with E-state index in [9.17, 15) is 5.11 Å². The second kappa shape index (κ2) is 6.28. The Morgan fingerprint density at radius 3 is 2.69 bits per heavy atom. The van der Waals surface area contributed by atoms with Gasteiger partial charge in [0.1, 0.15) is 0 Å². The zero-order valence-corrected chi connectivity index (χ0v) is 10.2. The van der Waals surface area contributed by atoms with Crippen molar-refractivity contribution in [1.29, 1.82) is 0 Å².